The lowest BCUT2D eigenvalue weighted by atomic mass is 10.0. The summed E-state index contributed by atoms with van der Waals surface area (Å²) in [6.07, 6.45) is -0.655. The molecule has 1 atom stereocenters. The average Bonchev–Trinajstić information content (AvgIpc) is 3.30. The van der Waals surface area contributed by atoms with E-state index in [-0.39, 0.29) is 17.8 Å². The molecule has 0 saturated heterocycles. The van der Waals surface area contributed by atoms with Crippen LogP contribution in [0.5, 0.6) is 17.6 Å². The fraction of sp³-hybridized carbons (Fsp3) is 0.103. The summed E-state index contributed by atoms with van der Waals surface area (Å²) in [4.78, 5) is 18.7. The van der Waals surface area contributed by atoms with Crippen LogP contribution in [0.25, 0.3) is 22.2 Å². The van der Waals surface area contributed by atoms with Crippen LogP contribution in [0.15, 0.2) is 95.4 Å². The van der Waals surface area contributed by atoms with E-state index in [0.29, 0.717) is 33.3 Å². The fourth-order valence-corrected chi connectivity index (χ4v) is 4.00. The summed E-state index contributed by atoms with van der Waals surface area (Å²) in [5, 5.41) is 0.554. The fourth-order valence-electron chi connectivity index (χ4n) is 3.84. The van der Waals surface area contributed by atoms with E-state index in [2.05, 4.69) is 4.98 Å². The Hall–Kier alpha value is -4.36. The number of hydrogen-bond acceptors (Lipinski definition) is 5. The largest absolute Gasteiger partial charge is 0.480 e. The lowest BCUT2D eigenvalue weighted by Gasteiger charge is -2.23. The molecule has 6 nitrogen and oxygen atoms in total. The van der Waals surface area contributed by atoms with Gasteiger partial charge in [0.2, 0.25) is 0 Å². The van der Waals surface area contributed by atoms with Gasteiger partial charge in [-0.2, -0.15) is 4.98 Å². The average molecular weight is 517 g/mol. The van der Waals surface area contributed by atoms with Crippen molar-refractivity contribution in [2.45, 2.75) is 13.0 Å². The Balaban J connectivity index is 1.30. The first-order valence-electron chi connectivity index (χ1n) is 11.5. The molecule has 0 aliphatic rings. The molecule has 0 radical (unpaired) electrons. The first kappa shape index (κ1) is 24.3. The van der Waals surface area contributed by atoms with Gasteiger partial charge in [-0.25, -0.2) is 4.39 Å². The third-order valence-corrected chi connectivity index (χ3v) is 6.02. The van der Waals surface area contributed by atoms with Gasteiger partial charge in [0.25, 0.3) is 5.91 Å². The highest BCUT2D eigenvalue weighted by molar-refractivity contribution is 6.31. The quantitative estimate of drug-likeness (QED) is 0.224. The number of hydrogen-bond donors (Lipinski definition) is 0. The van der Waals surface area contributed by atoms with Gasteiger partial charge in [-0.05, 0) is 67.1 Å². The van der Waals surface area contributed by atoms with Gasteiger partial charge in [-0.15, -0.1) is 0 Å². The molecule has 37 heavy (non-hydrogen) atoms. The van der Waals surface area contributed by atoms with Crippen LogP contribution in [0.4, 0.5) is 10.1 Å². The molecule has 0 spiro atoms. The number of nitrogens with zero attached hydrogens (tertiary/aromatic N) is 2. The molecule has 4 aromatic carbocycles. The number of oxazole rings is 1. The second-order valence-corrected chi connectivity index (χ2v) is 8.78. The number of fused-ring (bicyclic) bond motifs is 1. The van der Waals surface area contributed by atoms with Crippen LogP contribution < -0.4 is 14.4 Å². The van der Waals surface area contributed by atoms with Crippen LogP contribution in [0.3, 0.4) is 0 Å². The lowest BCUT2D eigenvalue weighted by Crippen LogP contribution is -2.38. The highest BCUT2D eigenvalue weighted by Gasteiger charge is 2.22. The molecule has 0 fully saturated rings. The minimum atomic E-state index is -0.772. The van der Waals surface area contributed by atoms with Gasteiger partial charge in [0.05, 0.1) is 0 Å². The third-order valence-electron chi connectivity index (χ3n) is 5.78. The second kappa shape index (κ2) is 10.3. The number of rotatable bonds is 7. The first-order chi connectivity index (χ1) is 17.9. The van der Waals surface area contributed by atoms with Gasteiger partial charge in [-0.1, -0.05) is 41.9 Å². The molecule has 1 amide bonds. The van der Waals surface area contributed by atoms with E-state index >= 15 is 0 Å². The molecule has 8 heteroatoms. The van der Waals surface area contributed by atoms with Gasteiger partial charge >= 0.3 is 6.08 Å². The number of aromatic nitrogens is 1. The monoisotopic (exact) mass is 516 g/mol. The van der Waals surface area contributed by atoms with Crippen molar-refractivity contribution in [3.63, 3.8) is 0 Å². The highest BCUT2D eigenvalue weighted by Crippen LogP contribution is 2.33. The molecule has 1 heterocycles. The number of amides is 1. The van der Waals surface area contributed by atoms with E-state index in [1.807, 2.05) is 36.4 Å². The van der Waals surface area contributed by atoms with Crippen molar-refractivity contribution >= 4 is 34.3 Å². The number of para-hydroxylation sites is 1. The maximum atomic E-state index is 13.2. The summed E-state index contributed by atoms with van der Waals surface area (Å²) < 4.78 is 30.7. The Morgan fingerprint density at radius 3 is 2.49 bits per heavy atom. The summed E-state index contributed by atoms with van der Waals surface area (Å²) in [5.41, 5.74) is 3.45. The van der Waals surface area contributed by atoms with Crippen LogP contribution in [0.1, 0.15) is 6.92 Å². The topological polar surface area (TPSA) is 64.8 Å². The Bertz CT molecular complexity index is 1550. The predicted molar refractivity (Wildman–Crippen MR) is 141 cm³/mol. The summed E-state index contributed by atoms with van der Waals surface area (Å²) >= 11 is 6.00. The van der Waals surface area contributed by atoms with E-state index in [1.54, 1.807) is 56.4 Å². The van der Waals surface area contributed by atoms with Crippen molar-refractivity contribution < 1.29 is 23.1 Å². The second-order valence-electron chi connectivity index (χ2n) is 8.35. The number of likely N-dealkylation sites (N-methyl/N-ethyl adjacent to an activating group) is 1. The van der Waals surface area contributed by atoms with Crippen molar-refractivity contribution in [1.82, 2.24) is 4.98 Å². The van der Waals surface area contributed by atoms with E-state index in [1.165, 1.54) is 17.0 Å². The van der Waals surface area contributed by atoms with Crippen LogP contribution in [-0.4, -0.2) is 24.0 Å². The zero-order valence-electron chi connectivity index (χ0n) is 20.0. The van der Waals surface area contributed by atoms with E-state index in [9.17, 15) is 9.18 Å². The molecular weight excluding hydrogens is 495 g/mol. The van der Waals surface area contributed by atoms with Gasteiger partial charge in [0, 0.05) is 29.4 Å². The molecular formula is C29H22ClFN2O4. The molecule has 0 saturated carbocycles. The normalized spacial score (nSPS) is 11.8. The Morgan fingerprint density at radius 2 is 1.73 bits per heavy atom. The highest BCUT2D eigenvalue weighted by atomic mass is 35.5. The standard InChI is InChI=1S/C29H22ClFN2O4/c1-18(28(34)33(2)22-12-10-21(31)11-13-22)35-26-6-4-3-5-24(26)19-7-14-23(15-8-19)36-29-32-25-16-9-20(30)17-27(25)37-29/h3-18H,1-2H3. The number of anilines is 1. The number of carbonyl (C=O) groups excluding carboxylic acids is 1. The predicted octanol–water partition coefficient (Wildman–Crippen LogP) is 7.51. The SMILES string of the molecule is CC(Oc1ccccc1-c1ccc(Oc2nc3ccc(Cl)cc3o2)cc1)C(=O)N(C)c1ccc(F)cc1. The van der Waals surface area contributed by atoms with Crippen LogP contribution in [0.2, 0.25) is 5.02 Å². The smallest absolute Gasteiger partial charge is 0.400 e. The minimum Gasteiger partial charge on any atom is -0.480 e. The zero-order valence-corrected chi connectivity index (χ0v) is 20.8. The van der Waals surface area contributed by atoms with Crippen molar-refractivity contribution in [1.29, 1.82) is 0 Å². The molecule has 1 aromatic heterocycles. The first-order valence-corrected chi connectivity index (χ1v) is 11.9. The summed E-state index contributed by atoms with van der Waals surface area (Å²) in [5.74, 6) is 0.479. The molecule has 0 aliphatic carbocycles. The minimum absolute atomic E-state index is 0.117. The van der Waals surface area contributed by atoms with Gasteiger partial charge < -0.3 is 18.8 Å². The maximum Gasteiger partial charge on any atom is 0.400 e. The van der Waals surface area contributed by atoms with Crippen LogP contribution in [-0.2, 0) is 4.79 Å². The van der Waals surface area contributed by atoms with Crippen molar-refractivity contribution in [2.75, 3.05) is 11.9 Å². The molecule has 1 unspecified atom stereocenters. The molecule has 186 valence electrons. The maximum absolute atomic E-state index is 13.2. The molecule has 0 aliphatic heterocycles. The number of carbonyl (C=O) groups is 1. The summed E-state index contributed by atoms with van der Waals surface area (Å²) in [6.45, 7) is 1.68. The number of ether oxygens (including phenoxy) is 2. The molecule has 5 rings (SSSR count). The van der Waals surface area contributed by atoms with Crippen LogP contribution in [0, 0.1) is 5.82 Å². The van der Waals surface area contributed by atoms with E-state index < -0.39 is 6.10 Å². The van der Waals surface area contributed by atoms with Gasteiger partial charge in [-0.3, -0.25) is 4.79 Å². The summed E-state index contributed by atoms with van der Waals surface area (Å²) in [6, 6.07) is 25.7. The van der Waals surface area contributed by atoms with E-state index in [4.69, 9.17) is 25.5 Å². The van der Waals surface area contributed by atoms with Crippen LogP contribution >= 0.6 is 11.6 Å². The Morgan fingerprint density at radius 1 is 1.00 bits per heavy atom. The van der Waals surface area contributed by atoms with Gasteiger partial charge in [0.15, 0.2) is 11.7 Å². The van der Waals surface area contributed by atoms with E-state index in [0.717, 1.165) is 11.1 Å². The summed E-state index contributed by atoms with van der Waals surface area (Å²) in [7, 11) is 1.63. The van der Waals surface area contributed by atoms with Crippen molar-refractivity contribution in [3.8, 4) is 28.7 Å². The number of halogens is 2. The molecule has 0 bridgehead atoms. The Kier molecular flexibility index (Phi) is 6.79. The van der Waals surface area contributed by atoms with Crippen molar-refractivity contribution in [2.24, 2.45) is 0 Å². The third kappa shape index (κ3) is 5.42. The molecule has 0 N–H and O–H groups in total. The Labute approximate surface area is 217 Å². The number of benzene rings is 4. The lowest BCUT2D eigenvalue weighted by molar-refractivity contribution is -0.124. The molecule has 5 aromatic rings. The van der Waals surface area contributed by atoms with Gasteiger partial charge in [0.1, 0.15) is 22.8 Å². The zero-order chi connectivity index (χ0) is 25.9. The van der Waals surface area contributed by atoms with Crippen molar-refractivity contribution in [3.05, 3.63) is 102 Å².